The Morgan fingerprint density at radius 3 is 2.81 bits per heavy atom. The number of morpholine rings is 1. The molecule has 2 fully saturated rings. The number of fused-ring (bicyclic) bond motifs is 1. The fraction of sp³-hybridized carbons (Fsp3) is 0.611. The highest BCUT2D eigenvalue weighted by molar-refractivity contribution is 6.00. The van der Waals surface area contributed by atoms with Gasteiger partial charge in [0.2, 0.25) is 0 Å². The molecule has 3 nitrogen and oxygen atoms in total. The zero-order valence-electron chi connectivity index (χ0n) is 12.8. The van der Waals surface area contributed by atoms with Gasteiger partial charge in [0.1, 0.15) is 0 Å². The van der Waals surface area contributed by atoms with Gasteiger partial charge >= 0.3 is 0 Å². The predicted molar refractivity (Wildman–Crippen MR) is 83.6 cm³/mol. The zero-order chi connectivity index (χ0) is 14.7. The molecule has 1 aromatic rings. The van der Waals surface area contributed by atoms with Crippen LogP contribution in [0.1, 0.15) is 49.4 Å². The smallest absolute Gasteiger partial charge is 0.179 e. The van der Waals surface area contributed by atoms with E-state index in [0.29, 0.717) is 12.1 Å². The van der Waals surface area contributed by atoms with Crippen molar-refractivity contribution in [3.63, 3.8) is 0 Å². The minimum Gasteiger partial charge on any atom is -0.375 e. The lowest BCUT2D eigenvalue weighted by molar-refractivity contribution is -0.0976. The van der Waals surface area contributed by atoms with Crippen molar-refractivity contribution < 1.29 is 9.53 Å². The Morgan fingerprint density at radius 1 is 1.29 bits per heavy atom. The molecule has 0 aromatic heterocycles. The average Bonchev–Trinajstić information content (AvgIpc) is 2.56. The molecule has 0 N–H and O–H groups in total. The minimum absolute atomic E-state index is 0.00176. The summed E-state index contributed by atoms with van der Waals surface area (Å²) in [5.74, 6) is 0.268. The Hall–Kier alpha value is -1.19. The standard InChI is InChI=1S/C18H25NO2/c1-2-15(18(20)14-8-4-3-5-9-14)19-12-13-21-17-11-7-6-10-16(17)19/h3-5,8-9,15-17H,2,6-7,10-13H2,1H3. The first-order chi connectivity index (χ1) is 10.3. The van der Waals surface area contributed by atoms with E-state index in [4.69, 9.17) is 4.74 Å². The Morgan fingerprint density at radius 2 is 2.05 bits per heavy atom. The maximum absolute atomic E-state index is 12.9. The van der Waals surface area contributed by atoms with E-state index in [9.17, 15) is 4.79 Å². The molecule has 0 spiro atoms. The molecule has 0 bridgehead atoms. The van der Waals surface area contributed by atoms with E-state index >= 15 is 0 Å². The van der Waals surface area contributed by atoms with Gasteiger partial charge in [0.05, 0.1) is 18.8 Å². The Labute approximate surface area is 127 Å². The molecule has 3 atom stereocenters. The van der Waals surface area contributed by atoms with E-state index in [1.165, 1.54) is 19.3 Å². The Bertz CT molecular complexity index is 471. The van der Waals surface area contributed by atoms with Crippen LogP contribution in [0.3, 0.4) is 0 Å². The zero-order valence-corrected chi connectivity index (χ0v) is 12.8. The van der Waals surface area contributed by atoms with E-state index in [2.05, 4.69) is 11.8 Å². The van der Waals surface area contributed by atoms with E-state index in [0.717, 1.165) is 31.6 Å². The van der Waals surface area contributed by atoms with Gasteiger partial charge in [-0.3, -0.25) is 9.69 Å². The van der Waals surface area contributed by atoms with Crippen LogP contribution in [0, 0.1) is 0 Å². The summed E-state index contributed by atoms with van der Waals surface area (Å²) in [7, 11) is 0. The van der Waals surface area contributed by atoms with Crippen LogP contribution in [-0.2, 0) is 4.74 Å². The highest BCUT2D eigenvalue weighted by atomic mass is 16.5. The van der Waals surface area contributed by atoms with Crippen molar-refractivity contribution in [3.8, 4) is 0 Å². The molecule has 1 aliphatic carbocycles. The number of carbonyl (C=O) groups is 1. The summed E-state index contributed by atoms with van der Waals surface area (Å²) in [6, 6.07) is 10.2. The van der Waals surface area contributed by atoms with Crippen LogP contribution in [0.4, 0.5) is 0 Å². The molecule has 3 rings (SSSR count). The maximum Gasteiger partial charge on any atom is 0.179 e. The third kappa shape index (κ3) is 3.04. The summed E-state index contributed by atoms with van der Waals surface area (Å²) in [5, 5.41) is 0. The molecule has 3 unspecified atom stereocenters. The quantitative estimate of drug-likeness (QED) is 0.796. The molecule has 1 saturated heterocycles. The first-order valence-electron chi connectivity index (χ1n) is 8.28. The van der Waals surface area contributed by atoms with Gasteiger partial charge in [0.15, 0.2) is 5.78 Å². The van der Waals surface area contributed by atoms with Gasteiger partial charge in [0, 0.05) is 18.2 Å². The first kappa shape index (κ1) is 14.7. The highest BCUT2D eigenvalue weighted by Crippen LogP contribution is 2.31. The molecular weight excluding hydrogens is 262 g/mol. The molecule has 0 amide bonds. The van der Waals surface area contributed by atoms with Gasteiger partial charge in [-0.25, -0.2) is 0 Å². The van der Waals surface area contributed by atoms with Gasteiger partial charge in [-0.1, -0.05) is 50.1 Å². The lowest BCUT2D eigenvalue weighted by atomic mass is 9.87. The molecule has 1 aliphatic heterocycles. The Balaban J connectivity index is 1.80. The van der Waals surface area contributed by atoms with Gasteiger partial charge in [-0.2, -0.15) is 0 Å². The highest BCUT2D eigenvalue weighted by Gasteiger charge is 2.39. The van der Waals surface area contributed by atoms with Crippen LogP contribution < -0.4 is 0 Å². The first-order valence-corrected chi connectivity index (χ1v) is 8.28. The van der Waals surface area contributed by atoms with E-state index < -0.39 is 0 Å². The van der Waals surface area contributed by atoms with Crippen molar-refractivity contribution >= 4 is 5.78 Å². The number of ether oxygens (including phenoxy) is 1. The number of benzene rings is 1. The number of hydrogen-bond acceptors (Lipinski definition) is 3. The number of ketones is 1. The molecule has 21 heavy (non-hydrogen) atoms. The van der Waals surface area contributed by atoms with E-state index in [-0.39, 0.29) is 11.8 Å². The average molecular weight is 287 g/mol. The largest absolute Gasteiger partial charge is 0.375 e. The van der Waals surface area contributed by atoms with Crippen LogP contribution in [0.15, 0.2) is 30.3 Å². The van der Waals surface area contributed by atoms with Crippen molar-refractivity contribution in [2.24, 2.45) is 0 Å². The topological polar surface area (TPSA) is 29.5 Å². The number of carbonyl (C=O) groups excluding carboxylic acids is 1. The minimum atomic E-state index is 0.00176. The van der Waals surface area contributed by atoms with E-state index in [1.807, 2.05) is 30.3 Å². The van der Waals surface area contributed by atoms with Crippen molar-refractivity contribution in [2.75, 3.05) is 13.2 Å². The molecule has 1 heterocycles. The third-order valence-electron chi connectivity index (χ3n) is 4.92. The maximum atomic E-state index is 12.9. The molecule has 1 aromatic carbocycles. The fourth-order valence-corrected chi connectivity index (χ4v) is 3.88. The van der Waals surface area contributed by atoms with Crippen molar-refractivity contribution in [1.29, 1.82) is 0 Å². The van der Waals surface area contributed by atoms with Gasteiger partial charge in [-0.15, -0.1) is 0 Å². The molecule has 0 radical (unpaired) electrons. The van der Waals surface area contributed by atoms with Gasteiger partial charge in [0.25, 0.3) is 0 Å². The second-order valence-electron chi connectivity index (χ2n) is 6.15. The molecule has 3 heteroatoms. The summed E-state index contributed by atoms with van der Waals surface area (Å²) in [4.78, 5) is 15.3. The number of Topliss-reactive ketones (excluding diaryl/α,β-unsaturated/α-hetero) is 1. The van der Waals surface area contributed by atoms with Crippen LogP contribution in [0.2, 0.25) is 0 Å². The summed E-state index contributed by atoms with van der Waals surface area (Å²) in [6.45, 7) is 3.77. The molecule has 1 saturated carbocycles. The van der Waals surface area contributed by atoms with E-state index in [1.54, 1.807) is 0 Å². The summed E-state index contributed by atoms with van der Waals surface area (Å²) >= 11 is 0. The Kier molecular flexibility index (Phi) is 4.71. The molecule has 2 aliphatic rings. The number of rotatable bonds is 4. The van der Waals surface area contributed by atoms with Crippen LogP contribution in [0.5, 0.6) is 0 Å². The molecule has 114 valence electrons. The lowest BCUT2D eigenvalue weighted by Gasteiger charge is -2.46. The monoisotopic (exact) mass is 287 g/mol. The van der Waals surface area contributed by atoms with Crippen molar-refractivity contribution in [2.45, 2.75) is 57.2 Å². The summed E-state index contributed by atoms with van der Waals surface area (Å²) in [5.41, 5.74) is 0.836. The van der Waals surface area contributed by atoms with Gasteiger partial charge in [-0.05, 0) is 19.3 Å². The van der Waals surface area contributed by atoms with Crippen LogP contribution in [-0.4, -0.2) is 42.0 Å². The van der Waals surface area contributed by atoms with Crippen molar-refractivity contribution in [3.05, 3.63) is 35.9 Å². The lowest BCUT2D eigenvalue weighted by Crippen LogP contribution is -2.58. The number of nitrogens with zero attached hydrogens (tertiary/aromatic N) is 1. The summed E-state index contributed by atoms with van der Waals surface area (Å²) in [6.07, 6.45) is 6.05. The summed E-state index contributed by atoms with van der Waals surface area (Å²) < 4.78 is 5.94. The second-order valence-corrected chi connectivity index (χ2v) is 6.15. The number of hydrogen-bond donors (Lipinski definition) is 0. The van der Waals surface area contributed by atoms with Gasteiger partial charge < -0.3 is 4.74 Å². The normalized spacial score (nSPS) is 27.9. The van der Waals surface area contributed by atoms with Crippen molar-refractivity contribution in [1.82, 2.24) is 4.90 Å². The van der Waals surface area contributed by atoms with Crippen LogP contribution >= 0.6 is 0 Å². The second kappa shape index (κ2) is 6.71. The SMILES string of the molecule is CCC(C(=O)c1ccccc1)N1CCOC2CCCCC21. The predicted octanol–water partition coefficient (Wildman–Crippen LogP) is 3.29. The van der Waals surface area contributed by atoms with Crippen LogP contribution in [0.25, 0.3) is 0 Å². The third-order valence-corrected chi connectivity index (χ3v) is 4.92. The molecular formula is C18H25NO2. The fourth-order valence-electron chi connectivity index (χ4n) is 3.88.